The highest BCUT2D eigenvalue weighted by molar-refractivity contribution is 5.82. The number of nitrogens with zero attached hydrogens (tertiary/aromatic N) is 1. The SMILES string of the molecule is Cc1n[nH]c(C)c1CC(=O)NCC(O)C(N)=O. The minimum atomic E-state index is -1.36. The molecule has 1 rings (SSSR count). The maximum Gasteiger partial charge on any atom is 0.248 e. The fourth-order valence-electron chi connectivity index (χ4n) is 1.37. The summed E-state index contributed by atoms with van der Waals surface area (Å²) in [6, 6.07) is 0. The van der Waals surface area contributed by atoms with Gasteiger partial charge in [-0.1, -0.05) is 0 Å². The highest BCUT2D eigenvalue weighted by atomic mass is 16.3. The highest BCUT2D eigenvalue weighted by Crippen LogP contribution is 2.09. The van der Waals surface area contributed by atoms with Crippen molar-refractivity contribution in [2.45, 2.75) is 26.4 Å². The van der Waals surface area contributed by atoms with E-state index >= 15 is 0 Å². The largest absolute Gasteiger partial charge is 0.381 e. The minimum absolute atomic E-state index is 0.152. The first kappa shape index (κ1) is 13.2. The maximum absolute atomic E-state index is 11.5. The van der Waals surface area contributed by atoms with Gasteiger partial charge in [0, 0.05) is 11.3 Å². The number of nitrogens with two attached hydrogens (primary N) is 1. The predicted molar refractivity (Wildman–Crippen MR) is 60.0 cm³/mol. The molecule has 0 aliphatic rings. The van der Waals surface area contributed by atoms with Gasteiger partial charge in [-0.3, -0.25) is 14.7 Å². The number of aliphatic hydroxyl groups is 1. The van der Waals surface area contributed by atoms with Gasteiger partial charge in [0.25, 0.3) is 0 Å². The molecule has 1 aromatic rings. The Kier molecular flexibility index (Phi) is 4.22. The van der Waals surface area contributed by atoms with E-state index in [4.69, 9.17) is 10.8 Å². The zero-order valence-electron chi connectivity index (χ0n) is 9.78. The van der Waals surface area contributed by atoms with Crippen molar-refractivity contribution in [2.75, 3.05) is 6.54 Å². The number of hydrogen-bond donors (Lipinski definition) is 4. The first-order valence-electron chi connectivity index (χ1n) is 5.16. The number of aromatic amines is 1. The van der Waals surface area contributed by atoms with Crippen molar-refractivity contribution in [3.05, 3.63) is 17.0 Å². The summed E-state index contributed by atoms with van der Waals surface area (Å²) in [4.78, 5) is 22.1. The van der Waals surface area contributed by atoms with Crippen molar-refractivity contribution < 1.29 is 14.7 Å². The molecule has 1 atom stereocenters. The molecule has 0 aromatic carbocycles. The van der Waals surface area contributed by atoms with Crippen LogP contribution in [0.2, 0.25) is 0 Å². The van der Waals surface area contributed by atoms with Crippen LogP contribution in [0.15, 0.2) is 0 Å². The highest BCUT2D eigenvalue weighted by Gasteiger charge is 2.14. The summed E-state index contributed by atoms with van der Waals surface area (Å²) in [7, 11) is 0. The molecule has 0 spiro atoms. The average molecular weight is 240 g/mol. The molecule has 1 aromatic heterocycles. The normalized spacial score (nSPS) is 12.2. The number of nitrogens with one attached hydrogen (secondary N) is 2. The Morgan fingerprint density at radius 2 is 2.18 bits per heavy atom. The van der Waals surface area contributed by atoms with Crippen molar-refractivity contribution in [3.63, 3.8) is 0 Å². The molecule has 1 unspecified atom stereocenters. The Bertz CT molecular complexity index is 408. The van der Waals surface area contributed by atoms with E-state index in [2.05, 4.69) is 15.5 Å². The van der Waals surface area contributed by atoms with Gasteiger partial charge in [-0.2, -0.15) is 5.10 Å². The molecule has 0 aliphatic carbocycles. The van der Waals surface area contributed by atoms with E-state index in [9.17, 15) is 9.59 Å². The van der Waals surface area contributed by atoms with Crippen molar-refractivity contribution in [1.29, 1.82) is 0 Å². The second kappa shape index (κ2) is 5.44. The van der Waals surface area contributed by atoms with Crippen LogP contribution in [0.1, 0.15) is 17.0 Å². The molecule has 1 heterocycles. The van der Waals surface area contributed by atoms with E-state index in [0.29, 0.717) is 0 Å². The molecular formula is C10H16N4O3. The van der Waals surface area contributed by atoms with Gasteiger partial charge in [-0.05, 0) is 13.8 Å². The molecule has 7 heteroatoms. The zero-order chi connectivity index (χ0) is 13.0. The van der Waals surface area contributed by atoms with E-state index in [1.165, 1.54) is 0 Å². The fourth-order valence-corrected chi connectivity index (χ4v) is 1.37. The number of hydrogen-bond acceptors (Lipinski definition) is 4. The zero-order valence-corrected chi connectivity index (χ0v) is 9.78. The number of amides is 2. The number of carbonyl (C=O) groups excluding carboxylic acids is 2. The van der Waals surface area contributed by atoms with E-state index in [-0.39, 0.29) is 18.9 Å². The lowest BCUT2D eigenvalue weighted by Gasteiger charge is -2.08. The van der Waals surface area contributed by atoms with Gasteiger partial charge in [0.1, 0.15) is 6.10 Å². The van der Waals surface area contributed by atoms with E-state index < -0.39 is 12.0 Å². The standard InChI is InChI=1S/C10H16N4O3/c1-5-7(6(2)14-13-5)3-9(16)12-4-8(15)10(11)17/h8,15H,3-4H2,1-2H3,(H2,11,17)(H,12,16)(H,13,14). The number of H-pyrrole nitrogens is 1. The molecular weight excluding hydrogens is 224 g/mol. The first-order chi connectivity index (χ1) is 7.91. The van der Waals surface area contributed by atoms with Crippen LogP contribution in [0.4, 0.5) is 0 Å². The monoisotopic (exact) mass is 240 g/mol. The summed E-state index contributed by atoms with van der Waals surface area (Å²) in [6.07, 6.45) is -1.20. The molecule has 0 aliphatic heterocycles. The molecule has 7 nitrogen and oxygen atoms in total. The summed E-state index contributed by atoms with van der Waals surface area (Å²) < 4.78 is 0. The Hall–Kier alpha value is -1.89. The number of rotatable bonds is 5. The van der Waals surface area contributed by atoms with Crippen LogP contribution in [0.5, 0.6) is 0 Å². The van der Waals surface area contributed by atoms with Crippen LogP contribution >= 0.6 is 0 Å². The van der Waals surface area contributed by atoms with Crippen LogP contribution in [0, 0.1) is 13.8 Å². The first-order valence-corrected chi connectivity index (χ1v) is 5.16. The Balaban J connectivity index is 2.48. The summed E-state index contributed by atoms with van der Waals surface area (Å²) in [5.74, 6) is -1.15. The number of aromatic nitrogens is 2. The van der Waals surface area contributed by atoms with Crippen LogP contribution in [-0.2, 0) is 16.0 Å². The summed E-state index contributed by atoms with van der Waals surface area (Å²) in [5, 5.41) is 18.3. The van der Waals surface area contributed by atoms with Crippen molar-refractivity contribution in [2.24, 2.45) is 5.73 Å². The number of aliphatic hydroxyl groups excluding tert-OH is 1. The van der Waals surface area contributed by atoms with Crippen LogP contribution in [0.25, 0.3) is 0 Å². The second-order valence-corrected chi connectivity index (χ2v) is 3.81. The quantitative estimate of drug-likeness (QED) is 0.502. The maximum atomic E-state index is 11.5. The average Bonchev–Trinajstić information content (AvgIpc) is 2.57. The smallest absolute Gasteiger partial charge is 0.248 e. The van der Waals surface area contributed by atoms with Gasteiger partial charge in [0.05, 0.1) is 18.7 Å². The Labute approximate surface area is 98.4 Å². The Morgan fingerprint density at radius 1 is 1.53 bits per heavy atom. The number of primary amides is 1. The molecule has 0 fully saturated rings. The summed E-state index contributed by atoms with van der Waals surface area (Å²) in [6.45, 7) is 3.44. The van der Waals surface area contributed by atoms with Crippen molar-refractivity contribution in [3.8, 4) is 0 Å². The third-order valence-corrected chi connectivity index (χ3v) is 2.44. The van der Waals surface area contributed by atoms with Crippen molar-refractivity contribution in [1.82, 2.24) is 15.5 Å². The van der Waals surface area contributed by atoms with Crippen molar-refractivity contribution >= 4 is 11.8 Å². The van der Waals surface area contributed by atoms with E-state index in [0.717, 1.165) is 17.0 Å². The van der Waals surface area contributed by atoms with Crippen LogP contribution < -0.4 is 11.1 Å². The summed E-state index contributed by atoms with van der Waals surface area (Å²) in [5.41, 5.74) is 7.25. The fraction of sp³-hybridized carbons (Fsp3) is 0.500. The minimum Gasteiger partial charge on any atom is -0.381 e. The molecule has 0 bridgehead atoms. The topological polar surface area (TPSA) is 121 Å². The van der Waals surface area contributed by atoms with E-state index in [1.54, 1.807) is 6.92 Å². The molecule has 17 heavy (non-hydrogen) atoms. The van der Waals surface area contributed by atoms with Gasteiger partial charge < -0.3 is 16.2 Å². The van der Waals surface area contributed by atoms with Gasteiger partial charge in [0.2, 0.25) is 11.8 Å². The lowest BCUT2D eigenvalue weighted by atomic mass is 10.1. The lowest BCUT2D eigenvalue weighted by Crippen LogP contribution is -2.40. The molecule has 2 amide bonds. The third-order valence-electron chi connectivity index (χ3n) is 2.44. The van der Waals surface area contributed by atoms with E-state index in [1.807, 2.05) is 6.92 Å². The second-order valence-electron chi connectivity index (χ2n) is 3.81. The van der Waals surface area contributed by atoms with Gasteiger partial charge >= 0.3 is 0 Å². The van der Waals surface area contributed by atoms with Crippen LogP contribution in [-0.4, -0.2) is 39.8 Å². The molecule has 0 saturated heterocycles. The number of carbonyl (C=O) groups is 2. The lowest BCUT2D eigenvalue weighted by molar-refractivity contribution is -0.126. The van der Waals surface area contributed by atoms with Gasteiger partial charge in [-0.25, -0.2) is 0 Å². The molecule has 0 radical (unpaired) electrons. The third kappa shape index (κ3) is 3.56. The molecule has 0 saturated carbocycles. The Morgan fingerprint density at radius 3 is 2.65 bits per heavy atom. The molecule has 5 N–H and O–H groups in total. The van der Waals surface area contributed by atoms with Gasteiger partial charge in [-0.15, -0.1) is 0 Å². The molecule has 94 valence electrons. The van der Waals surface area contributed by atoms with Gasteiger partial charge in [0.15, 0.2) is 0 Å². The predicted octanol–water partition coefficient (Wildman–Crippen LogP) is -1.47. The van der Waals surface area contributed by atoms with Crippen LogP contribution in [0.3, 0.4) is 0 Å². The summed E-state index contributed by atoms with van der Waals surface area (Å²) >= 11 is 0. The number of aryl methyl sites for hydroxylation is 2.